The van der Waals surface area contributed by atoms with Crippen LogP contribution < -0.4 is 0 Å². The second kappa shape index (κ2) is 6.46. The van der Waals surface area contributed by atoms with Gasteiger partial charge in [0.1, 0.15) is 0 Å². The van der Waals surface area contributed by atoms with Crippen LogP contribution in [0.3, 0.4) is 0 Å². The van der Waals surface area contributed by atoms with Crippen molar-refractivity contribution in [3.63, 3.8) is 0 Å². The molecule has 0 atom stereocenters. The predicted molar refractivity (Wildman–Crippen MR) is 75.0 cm³/mol. The molecule has 0 saturated heterocycles. The van der Waals surface area contributed by atoms with E-state index in [4.69, 9.17) is 21.4 Å². The van der Waals surface area contributed by atoms with Gasteiger partial charge in [-0.1, -0.05) is 0 Å². The lowest BCUT2D eigenvalue weighted by Gasteiger charge is -1.83. The van der Waals surface area contributed by atoms with Gasteiger partial charge in [-0.15, -0.1) is 22.7 Å². The van der Waals surface area contributed by atoms with Gasteiger partial charge in [0.05, 0.1) is 5.01 Å². The molecule has 0 saturated carbocycles. The van der Waals surface area contributed by atoms with Gasteiger partial charge in [0.15, 0.2) is 5.03 Å². The molecular formula is C7H6Cl2N2O4S4. The van der Waals surface area contributed by atoms with Crippen LogP contribution in [0, 0.1) is 6.92 Å². The van der Waals surface area contributed by atoms with Crippen molar-refractivity contribution in [1.29, 1.82) is 0 Å². The lowest BCUT2D eigenvalue weighted by atomic mass is 10.8. The maximum Gasteiger partial charge on any atom is 0.288 e. The van der Waals surface area contributed by atoms with Crippen molar-refractivity contribution >= 4 is 62.1 Å². The third-order valence-corrected chi connectivity index (χ3v) is 6.32. The van der Waals surface area contributed by atoms with Gasteiger partial charge in [-0.2, -0.15) is 0 Å². The smallest absolute Gasteiger partial charge is 0.233 e. The number of hydrogen-bond acceptors (Lipinski definition) is 8. The van der Waals surface area contributed by atoms with Crippen LogP contribution in [-0.2, 0) is 18.1 Å². The van der Waals surface area contributed by atoms with Crippen molar-refractivity contribution in [2.24, 2.45) is 0 Å². The molecule has 0 unspecified atom stereocenters. The summed E-state index contributed by atoms with van der Waals surface area (Å²) in [5.74, 6) is 0. The lowest BCUT2D eigenvalue weighted by molar-refractivity contribution is 0.606. The fourth-order valence-electron chi connectivity index (χ4n) is 0.786. The Balaban J connectivity index is 0.000000191. The second-order valence-corrected chi connectivity index (χ2v) is 10.1. The number of aryl methyl sites for hydroxylation is 1. The molecule has 0 aliphatic heterocycles. The molecule has 106 valence electrons. The SMILES string of the molecule is Cc1nc(S(=O)(=O)Cl)cs1.O=S(=O)(Cl)c1nccs1. The van der Waals surface area contributed by atoms with Gasteiger partial charge in [0, 0.05) is 38.3 Å². The summed E-state index contributed by atoms with van der Waals surface area (Å²) in [7, 11) is 2.72. The third kappa shape index (κ3) is 5.71. The van der Waals surface area contributed by atoms with E-state index >= 15 is 0 Å². The summed E-state index contributed by atoms with van der Waals surface area (Å²) >= 11 is 2.26. The summed E-state index contributed by atoms with van der Waals surface area (Å²) in [5, 5.41) is 3.60. The fraction of sp³-hybridized carbons (Fsp3) is 0.143. The molecule has 0 fully saturated rings. The highest BCUT2D eigenvalue weighted by molar-refractivity contribution is 8.15. The Morgan fingerprint density at radius 1 is 1.11 bits per heavy atom. The molecule has 6 nitrogen and oxygen atoms in total. The lowest BCUT2D eigenvalue weighted by Crippen LogP contribution is -1.89. The quantitative estimate of drug-likeness (QED) is 0.742. The van der Waals surface area contributed by atoms with E-state index in [1.807, 2.05) is 0 Å². The maximum absolute atomic E-state index is 10.6. The molecule has 0 aliphatic rings. The highest BCUT2D eigenvalue weighted by Gasteiger charge is 2.12. The number of hydrogen-bond donors (Lipinski definition) is 0. The minimum absolute atomic E-state index is 0.0517. The summed E-state index contributed by atoms with van der Waals surface area (Å²) in [6, 6.07) is 0. The highest BCUT2D eigenvalue weighted by Crippen LogP contribution is 2.17. The van der Waals surface area contributed by atoms with Crippen molar-refractivity contribution in [2.45, 2.75) is 16.3 Å². The normalized spacial score (nSPS) is 11.7. The average molecular weight is 381 g/mol. The Kier molecular flexibility index (Phi) is 5.71. The van der Waals surface area contributed by atoms with Crippen LogP contribution >= 0.6 is 44.0 Å². The topological polar surface area (TPSA) is 94.1 Å². The van der Waals surface area contributed by atoms with Gasteiger partial charge >= 0.3 is 0 Å². The van der Waals surface area contributed by atoms with E-state index in [-0.39, 0.29) is 9.37 Å². The first-order valence-corrected chi connectivity index (χ1v) is 10.7. The number of aromatic nitrogens is 2. The van der Waals surface area contributed by atoms with Crippen LogP contribution in [0.1, 0.15) is 5.01 Å². The molecule has 0 N–H and O–H groups in total. The number of nitrogens with zero attached hydrogens (tertiary/aromatic N) is 2. The van der Waals surface area contributed by atoms with Gasteiger partial charge in [-0.25, -0.2) is 26.8 Å². The Morgan fingerprint density at radius 3 is 1.95 bits per heavy atom. The van der Waals surface area contributed by atoms with Crippen LogP contribution in [0.4, 0.5) is 0 Å². The molecule has 0 bridgehead atoms. The Bertz CT molecular complexity index is 736. The van der Waals surface area contributed by atoms with Crippen LogP contribution in [0.15, 0.2) is 26.3 Å². The molecule has 12 heteroatoms. The Hall–Kier alpha value is -0.260. The van der Waals surface area contributed by atoms with E-state index in [1.165, 1.54) is 22.9 Å². The molecule has 2 rings (SSSR count). The molecule has 2 aromatic heterocycles. The first-order chi connectivity index (χ1) is 8.60. The summed E-state index contributed by atoms with van der Waals surface area (Å²) in [5.41, 5.74) is 0. The molecule has 2 aromatic rings. The van der Waals surface area contributed by atoms with Crippen molar-refractivity contribution in [2.75, 3.05) is 0 Å². The third-order valence-electron chi connectivity index (χ3n) is 1.47. The number of halogens is 2. The number of thiazole rings is 2. The van der Waals surface area contributed by atoms with Crippen molar-refractivity contribution in [3.8, 4) is 0 Å². The molecule has 0 radical (unpaired) electrons. The van der Waals surface area contributed by atoms with Gasteiger partial charge in [0.25, 0.3) is 18.1 Å². The zero-order chi connectivity index (χ0) is 14.7. The summed E-state index contributed by atoms with van der Waals surface area (Å²) in [6.45, 7) is 1.72. The standard InChI is InChI=1S/C4H4ClNO2S2.C3H2ClNO2S2/c1-3-6-4(2-9-3)10(5,7)8;4-9(6,7)3-5-1-2-8-3/h2H,1H3;1-2H. The van der Waals surface area contributed by atoms with E-state index in [9.17, 15) is 16.8 Å². The molecule has 2 heterocycles. The van der Waals surface area contributed by atoms with Gasteiger partial charge in [0.2, 0.25) is 4.34 Å². The molecule has 0 aromatic carbocycles. The van der Waals surface area contributed by atoms with Crippen LogP contribution in [0.2, 0.25) is 0 Å². The molecule has 0 spiro atoms. The maximum atomic E-state index is 10.6. The van der Waals surface area contributed by atoms with Crippen LogP contribution in [-0.4, -0.2) is 26.8 Å². The fourth-order valence-corrected chi connectivity index (χ4v) is 4.22. The summed E-state index contributed by atoms with van der Waals surface area (Å²) in [6.07, 6.45) is 1.39. The highest BCUT2D eigenvalue weighted by atomic mass is 35.7. The number of rotatable bonds is 2. The second-order valence-electron chi connectivity index (χ2n) is 2.88. The molecule has 0 amide bonds. The van der Waals surface area contributed by atoms with Crippen LogP contribution in [0.5, 0.6) is 0 Å². The molecule has 0 aliphatic carbocycles. The average Bonchev–Trinajstić information content (AvgIpc) is 2.84. The predicted octanol–water partition coefficient (Wildman–Crippen LogP) is 2.45. The van der Waals surface area contributed by atoms with Gasteiger partial charge in [-0.3, -0.25) is 0 Å². The van der Waals surface area contributed by atoms with Crippen molar-refractivity contribution in [3.05, 3.63) is 22.0 Å². The first-order valence-electron chi connectivity index (χ1n) is 4.31. The summed E-state index contributed by atoms with van der Waals surface area (Å²) in [4.78, 5) is 7.17. The largest absolute Gasteiger partial charge is 0.288 e. The van der Waals surface area contributed by atoms with Gasteiger partial charge in [-0.05, 0) is 6.92 Å². The monoisotopic (exact) mass is 380 g/mol. The minimum atomic E-state index is -3.61. The minimum Gasteiger partial charge on any atom is -0.233 e. The molecular weight excluding hydrogens is 375 g/mol. The summed E-state index contributed by atoms with van der Waals surface area (Å²) < 4.78 is 41.9. The van der Waals surface area contributed by atoms with E-state index in [2.05, 4.69) is 9.97 Å². The van der Waals surface area contributed by atoms with E-state index in [1.54, 1.807) is 12.3 Å². The molecule has 19 heavy (non-hydrogen) atoms. The zero-order valence-electron chi connectivity index (χ0n) is 9.15. The van der Waals surface area contributed by atoms with E-state index < -0.39 is 18.1 Å². The Morgan fingerprint density at radius 2 is 1.74 bits per heavy atom. The van der Waals surface area contributed by atoms with Gasteiger partial charge < -0.3 is 0 Å². The van der Waals surface area contributed by atoms with E-state index in [0.29, 0.717) is 5.01 Å². The first kappa shape index (κ1) is 16.8. The van der Waals surface area contributed by atoms with E-state index in [0.717, 1.165) is 11.3 Å². The van der Waals surface area contributed by atoms with Crippen LogP contribution in [0.25, 0.3) is 0 Å². The zero-order valence-corrected chi connectivity index (χ0v) is 13.9. The van der Waals surface area contributed by atoms with Crippen molar-refractivity contribution < 1.29 is 16.8 Å². The van der Waals surface area contributed by atoms with Crippen molar-refractivity contribution in [1.82, 2.24) is 9.97 Å². The Labute approximate surface area is 126 Å².